The zero-order valence-corrected chi connectivity index (χ0v) is 24.5. The zero-order valence-electron chi connectivity index (χ0n) is 24.5. The molecule has 0 radical (unpaired) electrons. The molecule has 0 saturated heterocycles. The molecule has 1 unspecified atom stereocenters. The Morgan fingerprint density at radius 3 is 2.12 bits per heavy atom. The van der Waals surface area contributed by atoms with Crippen molar-refractivity contribution in [1.82, 2.24) is 0 Å². The minimum atomic E-state index is -3.69. The van der Waals surface area contributed by atoms with Gasteiger partial charge in [0, 0.05) is 31.6 Å². The minimum absolute atomic E-state index is 0.0674. The predicted molar refractivity (Wildman–Crippen MR) is 149 cm³/mol. The van der Waals surface area contributed by atoms with E-state index in [-0.39, 0.29) is 36.9 Å². The van der Waals surface area contributed by atoms with Crippen molar-refractivity contribution in [2.45, 2.75) is 85.7 Å². The van der Waals surface area contributed by atoms with Crippen molar-refractivity contribution in [2.24, 2.45) is 17.8 Å². The van der Waals surface area contributed by atoms with E-state index >= 15 is 0 Å². The Labute approximate surface area is 235 Å². The molecule has 1 fully saturated rings. The fourth-order valence-electron chi connectivity index (χ4n) is 4.81. The predicted octanol–water partition coefficient (Wildman–Crippen LogP) is 10.7. The van der Waals surface area contributed by atoms with Crippen LogP contribution in [0.15, 0.2) is 59.5 Å². The zero-order chi connectivity index (χ0) is 30.3. The third-order valence-electron chi connectivity index (χ3n) is 6.93. The number of alkyl halides is 2. The monoisotopic (exact) mass is 574 g/mol. The highest BCUT2D eigenvalue weighted by molar-refractivity contribution is 5.28. The summed E-state index contributed by atoms with van der Waals surface area (Å²) in [5.41, 5.74) is 1.95. The van der Waals surface area contributed by atoms with E-state index in [1.807, 2.05) is 39.8 Å². The first-order valence-electron chi connectivity index (χ1n) is 14.1. The molecule has 1 saturated carbocycles. The maximum absolute atomic E-state index is 15.0. The Morgan fingerprint density at radius 2 is 1.62 bits per heavy atom. The lowest BCUT2D eigenvalue weighted by atomic mass is 9.79. The van der Waals surface area contributed by atoms with Crippen LogP contribution in [0.3, 0.4) is 0 Å². The molecule has 1 aromatic carbocycles. The fourth-order valence-corrected chi connectivity index (χ4v) is 4.81. The van der Waals surface area contributed by atoms with Gasteiger partial charge in [-0.1, -0.05) is 45.1 Å². The molecule has 2 rings (SSSR count). The molecule has 1 aromatic rings. The summed E-state index contributed by atoms with van der Waals surface area (Å²) in [7, 11) is 1.64. The first-order chi connectivity index (χ1) is 19.0. The Morgan fingerprint density at radius 1 is 1.02 bits per heavy atom. The topological polar surface area (TPSA) is 18.5 Å². The summed E-state index contributed by atoms with van der Waals surface area (Å²) >= 11 is 0. The molecule has 0 amide bonds. The standard InChI is InChI=1S/C30H38F6O2.C2H6/c1-5-8-9-22(7-3)23(19-37-4)14-20(6-2)15-25(31)16-21-10-12-24(13-11-21)30(35,36)38-26-17-27(32)29(34)28(33)18-26;1-2/h6-9,15,17-18,21,23-24H,5,10-14,16,19H2,1-4H3;1-2H3/b9-8-,20-6-,22-7+,25-15+;. The van der Waals surface area contributed by atoms with Crippen molar-refractivity contribution in [1.29, 1.82) is 0 Å². The quantitative estimate of drug-likeness (QED) is 0.133. The molecule has 0 heterocycles. The van der Waals surface area contributed by atoms with Crippen LogP contribution in [-0.2, 0) is 4.74 Å². The number of ether oxygens (including phenoxy) is 2. The first-order valence-corrected chi connectivity index (χ1v) is 14.1. The molecule has 0 aliphatic heterocycles. The van der Waals surface area contributed by atoms with Gasteiger partial charge in [-0.3, -0.25) is 0 Å². The average Bonchev–Trinajstić information content (AvgIpc) is 2.92. The lowest BCUT2D eigenvalue weighted by Gasteiger charge is -2.33. The number of benzene rings is 1. The third kappa shape index (κ3) is 11.2. The molecule has 0 N–H and O–H groups in total. The van der Waals surface area contributed by atoms with Gasteiger partial charge in [-0.15, -0.1) is 0 Å². The van der Waals surface area contributed by atoms with Crippen LogP contribution in [0, 0.1) is 35.2 Å². The summed E-state index contributed by atoms with van der Waals surface area (Å²) in [6.07, 6.45) is 8.39. The number of hydrogen-bond donors (Lipinski definition) is 0. The molecule has 0 spiro atoms. The number of allylic oxidation sites excluding steroid dienone is 7. The molecule has 40 heavy (non-hydrogen) atoms. The van der Waals surface area contributed by atoms with E-state index in [9.17, 15) is 26.3 Å². The number of hydrogen-bond acceptors (Lipinski definition) is 2. The molecular formula is C32H44F6O2. The van der Waals surface area contributed by atoms with Crippen molar-refractivity contribution in [3.63, 3.8) is 0 Å². The highest BCUT2D eigenvalue weighted by Gasteiger charge is 2.44. The molecule has 226 valence electrons. The smallest absolute Gasteiger partial charge is 0.400 e. The van der Waals surface area contributed by atoms with Crippen LogP contribution in [0.2, 0.25) is 0 Å². The Bertz CT molecular complexity index is 997. The van der Waals surface area contributed by atoms with E-state index in [0.717, 1.165) is 17.6 Å². The summed E-state index contributed by atoms with van der Waals surface area (Å²) in [5.74, 6) is -7.26. The molecule has 0 bridgehead atoms. The third-order valence-corrected chi connectivity index (χ3v) is 6.93. The van der Waals surface area contributed by atoms with E-state index in [1.165, 1.54) is 6.08 Å². The average molecular weight is 575 g/mol. The van der Waals surface area contributed by atoms with E-state index in [2.05, 4.69) is 23.8 Å². The van der Waals surface area contributed by atoms with E-state index in [1.54, 1.807) is 7.11 Å². The number of methoxy groups -OCH3 is 1. The van der Waals surface area contributed by atoms with Crippen LogP contribution in [0.1, 0.15) is 79.6 Å². The minimum Gasteiger partial charge on any atom is -0.432 e. The van der Waals surface area contributed by atoms with Gasteiger partial charge in [0.1, 0.15) is 11.6 Å². The fraction of sp³-hybridized carbons (Fsp3) is 0.562. The molecule has 1 aliphatic rings. The van der Waals surface area contributed by atoms with Gasteiger partial charge >= 0.3 is 6.11 Å². The van der Waals surface area contributed by atoms with Crippen LogP contribution in [0.4, 0.5) is 26.3 Å². The van der Waals surface area contributed by atoms with Gasteiger partial charge in [-0.25, -0.2) is 17.6 Å². The summed E-state index contributed by atoms with van der Waals surface area (Å²) in [5, 5.41) is 0. The van der Waals surface area contributed by atoms with Gasteiger partial charge in [0.2, 0.25) is 0 Å². The summed E-state index contributed by atoms with van der Waals surface area (Å²) in [6.45, 7) is 10.4. The maximum atomic E-state index is 15.0. The van der Waals surface area contributed by atoms with Gasteiger partial charge in [-0.05, 0) is 75.5 Å². The second kappa shape index (κ2) is 18.1. The lowest BCUT2D eigenvalue weighted by molar-refractivity contribution is -0.223. The van der Waals surface area contributed by atoms with Gasteiger partial charge in [-0.2, -0.15) is 8.78 Å². The first kappa shape index (κ1) is 35.5. The van der Waals surface area contributed by atoms with E-state index in [4.69, 9.17) is 4.74 Å². The second-order valence-electron chi connectivity index (χ2n) is 9.70. The Kier molecular flexibility index (Phi) is 16.0. The van der Waals surface area contributed by atoms with Gasteiger partial charge in [0.05, 0.1) is 12.5 Å². The molecule has 0 aromatic heterocycles. The molecule has 1 atom stereocenters. The van der Waals surface area contributed by atoms with Crippen LogP contribution >= 0.6 is 0 Å². The highest BCUT2D eigenvalue weighted by Crippen LogP contribution is 2.42. The Hall–Kier alpha value is -2.48. The number of halogens is 6. The molecule has 1 aliphatic carbocycles. The maximum Gasteiger partial charge on any atom is 0.400 e. The van der Waals surface area contributed by atoms with Crippen molar-refractivity contribution in [3.05, 3.63) is 76.9 Å². The van der Waals surface area contributed by atoms with Crippen molar-refractivity contribution in [2.75, 3.05) is 13.7 Å². The SMILES string of the molecule is C/C=C(\C=C(\F)CC1CCC(C(F)(F)Oc2cc(F)c(F)c(F)c2)CC1)CC(COC)C(/C=C\CC)=C/C.CC. The second-order valence-corrected chi connectivity index (χ2v) is 9.70. The Balaban J connectivity index is 0.00000391. The number of rotatable bonds is 13. The van der Waals surface area contributed by atoms with Crippen LogP contribution < -0.4 is 4.74 Å². The summed E-state index contributed by atoms with van der Waals surface area (Å²) < 4.78 is 94.0. The summed E-state index contributed by atoms with van der Waals surface area (Å²) in [4.78, 5) is 0. The lowest BCUT2D eigenvalue weighted by Crippen LogP contribution is -2.37. The summed E-state index contributed by atoms with van der Waals surface area (Å²) in [6, 6.07) is 0.793. The molecule has 8 heteroatoms. The van der Waals surface area contributed by atoms with E-state index < -0.39 is 35.2 Å². The normalized spacial score (nSPS) is 19.9. The largest absolute Gasteiger partial charge is 0.432 e. The van der Waals surface area contributed by atoms with Gasteiger partial charge in [0.15, 0.2) is 17.5 Å². The van der Waals surface area contributed by atoms with E-state index in [0.29, 0.717) is 38.0 Å². The van der Waals surface area contributed by atoms with Crippen LogP contribution in [0.25, 0.3) is 0 Å². The van der Waals surface area contributed by atoms with Gasteiger partial charge < -0.3 is 9.47 Å². The van der Waals surface area contributed by atoms with Crippen molar-refractivity contribution < 1.29 is 35.8 Å². The highest BCUT2D eigenvalue weighted by atomic mass is 19.3. The molecule has 2 nitrogen and oxygen atoms in total. The van der Waals surface area contributed by atoms with Gasteiger partial charge in [0.25, 0.3) is 0 Å². The van der Waals surface area contributed by atoms with Crippen LogP contribution in [0.5, 0.6) is 5.75 Å². The van der Waals surface area contributed by atoms with Crippen molar-refractivity contribution >= 4 is 0 Å². The molecular weight excluding hydrogens is 530 g/mol. The van der Waals surface area contributed by atoms with Crippen molar-refractivity contribution in [3.8, 4) is 5.75 Å². The van der Waals surface area contributed by atoms with Crippen LogP contribution in [-0.4, -0.2) is 19.8 Å².